The zero-order valence-electron chi connectivity index (χ0n) is 9.44. The molecule has 0 atom stereocenters. The Hall–Kier alpha value is -2.01. The van der Waals surface area contributed by atoms with Gasteiger partial charge in [0.2, 0.25) is 0 Å². The molecule has 2 aromatic rings. The van der Waals surface area contributed by atoms with Crippen molar-refractivity contribution in [1.29, 1.82) is 0 Å². The largest absolute Gasteiger partial charge is 0.383 e. The number of nitrogens with zero attached hydrogens (tertiary/aromatic N) is 2. The van der Waals surface area contributed by atoms with Gasteiger partial charge in [-0.05, 0) is 30.7 Å². The molecule has 17 heavy (non-hydrogen) atoms. The van der Waals surface area contributed by atoms with Gasteiger partial charge in [0.25, 0.3) is 0 Å². The molecule has 0 radical (unpaired) electrons. The number of nitrogens with two attached hydrogens (primary N) is 2. The lowest BCUT2D eigenvalue weighted by Gasteiger charge is -2.07. The Balaban J connectivity index is 2.50. The van der Waals surface area contributed by atoms with Crippen LogP contribution < -0.4 is 11.5 Å². The first-order chi connectivity index (χ1) is 8.11. The molecule has 1 aromatic heterocycles. The zero-order valence-corrected chi connectivity index (χ0v) is 9.44. The maximum atomic E-state index is 13.0. The Morgan fingerprint density at radius 1 is 1.35 bits per heavy atom. The lowest BCUT2D eigenvalue weighted by molar-refractivity contribution is 0.627. The Labute approximate surface area is 98.5 Å². The predicted octanol–water partition coefficient (Wildman–Crippen LogP) is 1.63. The smallest absolute Gasteiger partial charge is 0.161 e. The van der Waals surface area contributed by atoms with E-state index in [4.69, 9.17) is 11.5 Å². The van der Waals surface area contributed by atoms with Crippen molar-refractivity contribution in [2.45, 2.75) is 13.5 Å². The molecule has 0 aliphatic rings. The number of nitrogen functional groups attached to an aromatic ring is 1. The number of halogens is 1. The van der Waals surface area contributed by atoms with Crippen LogP contribution in [0.15, 0.2) is 24.4 Å². The summed E-state index contributed by atoms with van der Waals surface area (Å²) in [6, 6.07) is 4.45. The number of aryl methyl sites for hydroxylation is 1. The van der Waals surface area contributed by atoms with Crippen molar-refractivity contribution < 1.29 is 4.39 Å². The van der Waals surface area contributed by atoms with E-state index in [0.717, 1.165) is 11.1 Å². The van der Waals surface area contributed by atoms with Crippen molar-refractivity contribution in [1.82, 2.24) is 9.97 Å². The van der Waals surface area contributed by atoms with E-state index in [-0.39, 0.29) is 5.82 Å². The fourth-order valence-electron chi connectivity index (χ4n) is 1.58. The second-order valence-corrected chi connectivity index (χ2v) is 3.77. The maximum Gasteiger partial charge on any atom is 0.161 e. The zero-order chi connectivity index (χ0) is 12.4. The molecule has 4 nitrogen and oxygen atoms in total. The quantitative estimate of drug-likeness (QED) is 0.825. The molecule has 0 unspecified atom stereocenters. The van der Waals surface area contributed by atoms with Crippen LogP contribution in [0.25, 0.3) is 11.4 Å². The van der Waals surface area contributed by atoms with Crippen molar-refractivity contribution in [3.63, 3.8) is 0 Å². The number of aromatic nitrogens is 2. The highest BCUT2D eigenvalue weighted by Gasteiger charge is 2.08. The average molecular weight is 232 g/mol. The van der Waals surface area contributed by atoms with Crippen LogP contribution in [0.2, 0.25) is 0 Å². The van der Waals surface area contributed by atoms with Gasteiger partial charge in [-0.25, -0.2) is 14.4 Å². The standard InChI is InChI=1S/C12H13FN4/c1-7-4-9(13)2-3-10(7)12-16-6-8(5-14)11(15)17-12/h2-4,6H,5,14H2,1H3,(H2,15,16,17). The SMILES string of the molecule is Cc1cc(F)ccc1-c1ncc(CN)c(N)n1. The molecule has 5 heteroatoms. The monoisotopic (exact) mass is 232 g/mol. The number of rotatable bonds is 2. The van der Waals surface area contributed by atoms with E-state index in [0.29, 0.717) is 23.8 Å². The fraction of sp³-hybridized carbons (Fsp3) is 0.167. The van der Waals surface area contributed by atoms with Gasteiger partial charge in [-0.15, -0.1) is 0 Å². The molecular formula is C12H13FN4. The average Bonchev–Trinajstić information content (AvgIpc) is 2.29. The van der Waals surface area contributed by atoms with Crippen LogP contribution >= 0.6 is 0 Å². The molecule has 0 spiro atoms. The summed E-state index contributed by atoms with van der Waals surface area (Å²) in [4.78, 5) is 8.35. The molecule has 0 saturated carbocycles. The van der Waals surface area contributed by atoms with E-state index in [2.05, 4.69) is 9.97 Å². The second-order valence-electron chi connectivity index (χ2n) is 3.77. The van der Waals surface area contributed by atoms with E-state index >= 15 is 0 Å². The third-order valence-corrected chi connectivity index (χ3v) is 2.55. The first kappa shape index (κ1) is 11.5. The third-order valence-electron chi connectivity index (χ3n) is 2.55. The van der Waals surface area contributed by atoms with Gasteiger partial charge in [-0.1, -0.05) is 0 Å². The van der Waals surface area contributed by atoms with Crippen LogP contribution in [0.4, 0.5) is 10.2 Å². The fourth-order valence-corrected chi connectivity index (χ4v) is 1.58. The van der Waals surface area contributed by atoms with Crippen LogP contribution in [0, 0.1) is 12.7 Å². The third kappa shape index (κ3) is 2.24. The summed E-state index contributed by atoms with van der Waals surface area (Å²) >= 11 is 0. The molecular weight excluding hydrogens is 219 g/mol. The van der Waals surface area contributed by atoms with Gasteiger partial charge in [0.05, 0.1) is 0 Å². The number of anilines is 1. The summed E-state index contributed by atoms with van der Waals surface area (Å²) in [6.45, 7) is 2.10. The highest BCUT2D eigenvalue weighted by Crippen LogP contribution is 2.21. The Bertz CT molecular complexity index is 554. The molecule has 0 aliphatic heterocycles. The summed E-state index contributed by atoms with van der Waals surface area (Å²) < 4.78 is 13.0. The van der Waals surface area contributed by atoms with Crippen LogP contribution in [-0.2, 0) is 6.54 Å². The molecule has 0 fully saturated rings. The Morgan fingerprint density at radius 2 is 2.12 bits per heavy atom. The van der Waals surface area contributed by atoms with Gasteiger partial charge in [0.1, 0.15) is 11.6 Å². The van der Waals surface area contributed by atoms with E-state index in [1.165, 1.54) is 12.1 Å². The normalized spacial score (nSPS) is 10.5. The first-order valence-electron chi connectivity index (χ1n) is 5.20. The summed E-state index contributed by atoms with van der Waals surface area (Å²) in [6.07, 6.45) is 1.60. The predicted molar refractivity (Wildman–Crippen MR) is 64.5 cm³/mol. The molecule has 2 rings (SSSR count). The summed E-state index contributed by atoms with van der Waals surface area (Å²) in [5.74, 6) is 0.566. The number of hydrogen-bond acceptors (Lipinski definition) is 4. The number of hydrogen-bond donors (Lipinski definition) is 2. The maximum absolute atomic E-state index is 13.0. The molecule has 1 heterocycles. The van der Waals surface area contributed by atoms with Gasteiger partial charge in [-0.2, -0.15) is 0 Å². The van der Waals surface area contributed by atoms with Crippen molar-refractivity contribution in [2.75, 3.05) is 5.73 Å². The number of benzene rings is 1. The van der Waals surface area contributed by atoms with Gasteiger partial charge in [0, 0.05) is 23.9 Å². The lowest BCUT2D eigenvalue weighted by Crippen LogP contribution is -2.06. The Morgan fingerprint density at radius 3 is 2.71 bits per heavy atom. The van der Waals surface area contributed by atoms with Crippen LogP contribution in [-0.4, -0.2) is 9.97 Å². The van der Waals surface area contributed by atoms with Gasteiger partial charge in [-0.3, -0.25) is 0 Å². The van der Waals surface area contributed by atoms with Gasteiger partial charge in [0.15, 0.2) is 5.82 Å². The summed E-state index contributed by atoms with van der Waals surface area (Å²) in [5, 5.41) is 0. The van der Waals surface area contributed by atoms with Crippen molar-refractivity contribution in [3.8, 4) is 11.4 Å². The minimum absolute atomic E-state index is 0.280. The van der Waals surface area contributed by atoms with Crippen molar-refractivity contribution in [2.24, 2.45) is 5.73 Å². The molecule has 0 bridgehead atoms. The van der Waals surface area contributed by atoms with Crippen LogP contribution in [0.5, 0.6) is 0 Å². The van der Waals surface area contributed by atoms with E-state index in [1.807, 2.05) is 0 Å². The molecule has 0 saturated heterocycles. The molecule has 4 N–H and O–H groups in total. The summed E-state index contributed by atoms with van der Waals surface area (Å²) in [7, 11) is 0. The first-order valence-corrected chi connectivity index (χ1v) is 5.20. The minimum Gasteiger partial charge on any atom is -0.383 e. The van der Waals surface area contributed by atoms with Crippen LogP contribution in [0.3, 0.4) is 0 Å². The highest BCUT2D eigenvalue weighted by molar-refractivity contribution is 5.61. The molecule has 88 valence electrons. The van der Waals surface area contributed by atoms with Crippen molar-refractivity contribution in [3.05, 3.63) is 41.3 Å². The molecule has 0 aliphatic carbocycles. The van der Waals surface area contributed by atoms with E-state index in [1.54, 1.807) is 19.2 Å². The van der Waals surface area contributed by atoms with Gasteiger partial charge >= 0.3 is 0 Å². The van der Waals surface area contributed by atoms with E-state index in [9.17, 15) is 4.39 Å². The molecule has 0 amide bonds. The van der Waals surface area contributed by atoms with Crippen LogP contribution in [0.1, 0.15) is 11.1 Å². The summed E-state index contributed by atoms with van der Waals surface area (Å²) in [5.41, 5.74) is 13.5. The van der Waals surface area contributed by atoms with Gasteiger partial charge < -0.3 is 11.5 Å². The Kier molecular flexibility index (Phi) is 3.01. The minimum atomic E-state index is -0.280. The molecule has 1 aromatic carbocycles. The highest BCUT2D eigenvalue weighted by atomic mass is 19.1. The topological polar surface area (TPSA) is 77.8 Å². The van der Waals surface area contributed by atoms with E-state index < -0.39 is 0 Å². The lowest BCUT2D eigenvalue weighted by atomic mass is 10.1. The second kappa shape index (κ2) is 4.47. The van der Waals surface area contributed by atoms with Crippen molar-refractivity contribution >= 4 is 5.82 Å².